The van der Waals surface area contributed by atoms with Crippen molar-refractivity contribution < 1.29 is 4.79 Å². The van der Waals surface area contributed by atoms with Crippen LogP contribution in [0.3, 0.4) is 0 Å². The van der Waals surface area contributed by atoms with Crippen molar-refractivity contribution in [3.63, 3.8) is 0 Å². The van der Waals surface area contributed by atoms with Crippen LogP contribution in [-0.4, -0.2) is 43.0 Å². The molecule has 1 heterocycles. The second-order valence-electron chi connectivity index (χ2n) is 5.23. The SMILES string of the molecule is CCC(N)C(=O)NCC(C)CN1CCCCC1. The molecule has 17 heavy (non-hydrogen) atoms. The molecule has 2 atom stereocenters. The molecule has 1 fully saturated rings. The Labute approximate surface area is 105 Å². The molecule has 0 aromatic rings. The molecular weight excluding hydrogens is 214 g/mol. The molecule has 100 valence electrons. The number of nitrogens with zero attached hydrogens (tertiary/aromatic N) is 1. The average Bonchev–Trinajstić information content (AvgIpc) is 2.36. The number of nitrogens with one attached hydrogen (secondary N) is 1. The highest BCUT2D eigenvalue weighted by Gasteiger charge is 2.15. The van der Waals surface area contributed by atoms with E-state index < -0.39 is 0 Å². The number of likely N-dealkylation sites (tertiary alicyclic amines) is 1. The summed E-state index contributed by atoms with van der Waals surface area (Å²) in [5.74, 6) is 0.485. The number of piperidine rings is 1. The Morgan fingerprint density at radius 1 is 1.35 bits per heavy atom. The normalized spacial score (nSPS) is 20.9. The summed E-state index contributed by atoms with van der Waals surface area (Å²) in [5.41, 5.74) is 5.66. The fourth-order valence-electron chi connectivity index (χ4n) is 2.24. The van der Waals surface area contributed by atoms with E-state index >= 15 is 0 Å². The average molecular weight is 241 g/mol. The smallest absolute Gasteiger partial charge is 0.236 e. The lowest BCUT2D eigenvalue weighted by Crippen LogP contribution is -2.43. The molecule has 4 nitrogen and oxygen atoms in total. The molecule has 0 bridgehead atoms. The van der Waals surface area contributed by atoms with Crippen LogP contribution in [0.1, 0.15) is 39.5 Å². The van der Waals surface area contributed by atoms with Gasteiger partial charge >= 0.3 is 0 Å². The van der Waals surface area contributed by atoms with Gasteiger partial charge in [-0.25, -0.2) is 0 Å². The molecular formula is C13H27N3O. The Hall–Kier alpha value is -0.610. The second kappa shape index (κ2) is 7.67. The maximum atomic E-state index is 11.5. The predicted octanol–water partition coefficient (Wildman–Crippen LogP) is 0.962. The van der Waals surface area contributed by atoms with Crippen molar-refractivity contribution in [2.75, 3.05) is 26.2 Å². The van der Waals surface area contributed by atoms with Gasteiger partial charge in [-0.15, -0.1) is 0 Å². The van der Waals surface area contributed by atoms with Crippen molar-refractivity contribution in [1.82, 2.24) is 10.2 Å². The highest BCUT2D eigenvalue weighted by molar-refractivity contribution is 5.81. The van der Waals surface area contributed by atoms with Crippen LogP contribution in [0.5, 0.6) is 0 Å². The third kappa shape index (κ3) is 5.50. The first kappa shape index (κ1) is 14.5. The molecule has 1 saturated heterocycles. The van der Waals surface area contributed by atoms with E-state index in [0.29, 0.717) is 12.3 Å². The minimum atomic E-state index is -0.350. The maximum absolute atomic E-state index is 11.5. The Kier molecular flexibility index (Phi) is 6.52. The number of hydrogen-bond donors (Lipinski definition) is 2. The van der Waals surface area contributed by atoms with Crippen LogP contribution in [0.4, 0.5) is 0 Å². The van der Waals surface area contributed by atoms with Gasteiger partial charge in [0, 0.05) is 13.1 Å². The Balaban J connectivity index is 2.15. The summed E-state index contributed by atoms with van der Waals surface area (Å²) in [7, 11) is 0. The van der Waals surface area contributed by atoms with Crippen molar-refractivity contribution >= 4 is 5.91 Å². The third-order valence-corrected chi connectivity index (χ3v) is 3.42. The Bertz CT molecular complexity index is 227. The molecule has 1 amide bonds. The Morgan fingerprint density at radius 2 is 2.00 bits per heavy atom. The Morgan fingerprint density at radius 3 is 2.59 bits per heavy atom. The predicted molar refractivity (Wildman–Crippen MR) is 70.7 cm³/mol. The summed E-state index contributed by atoms with van der Waals surface area (Å²) in [6.45, 7) is 8.37. The molecule has 0 spiro atoms. The summed E-state index contributed by atoms with van der Waals surface area (Å²) in [4.78, 5) is 14.0. The molecule has 2 unspecified atom stereocenters. The van der Waals surface area contributed by atoms with Gasteiger partial charge in [-0.3, -0.25) is 4.79 Å². The van der Waals surface area contributed by atoms with Crippen LogP contribution in [0.2, 0.25) is 0 Å². The van der Waals surface area contributed by atoms with Gasteiger partial charge in [0.2, 0.25) is 5.91 Å². The van der Waals surface area contributed by atoms with Crippen molar-refractivity contribution in [2.45, 2.75) is 45.6 Å². The highest BCUT2D eigenvalue weighted by Crippen LogP contribution is 2.10. The summed E-state index contributed by atoms with van der Waals surface area (Å²) in [6.07, 6.45) is 4.71. The lowest BCUT2D eigenvalue weighted by molar-refractivity contribution is -0.122. The van der Waals surface area contributed by atoms with Gasteiger partial charge in [0.15, 0.2) is 0 Å². The zero-order valence-corrected chi connectivity index (χ0v) is 11.2. The highest BCUT2D eigenvalue weighted by atomic mass is 16.2. The van der Waals surface area contributed by atoms with Gasteiger partial charge in [-0.05, 0) is 38.3 Å². The van der Waals surface area contributed by atoms with Gasteiger partial charge in [0.25, 0.3) is 0 Å². The van der Waals surface area contributed by atoms with E-state index in [9.17, 15) is 4.79 Å². The first-order valence-electron chi connectivity index (χ1n) is 6.89. The fraction of sp³-hybridized carbons (Fsp3) is 0.923. The molecule has 1 aliphatic heterocycles. The van der Waals surface area contributed by atoms with Crippen LogP contribution in [0.25, 0.3) is 0 Å². The van der Waals surface area contributed by atoms with E-state index in [-0.39, 0.29) is 11.9 Å². The van der Waals surface area contributed by atoms with Gasteiger partial charge in [0.05, 0.1) is 6.04 Å². The maximum Gasteiger partial charge on any atom is 0.236 e. The second-order valence-corrected chi connectivity index (χ2v) is 5.23. The van der Waals surface area contributed by atoms with Crippen molar-refractivity contribution in [3.05, 3.63) is 0 Å². The van der Waals surface area contributed by atoms with Crippen LogP contribution in [0, 0.1) is 5.92 Å². The standard InChI is InChI=1S/C13H27N3O/c1-3-12(14)13(17)15-9-11(2)10-16-7-5-4-6-8-16/h11-12H,3-10,14H2,1-2H3,(H,15,17). The van der Waals surface area contributed by atoms with Crippen LogP contribution >= 0.6 is 0 Å². The minimum absolute atomic E-state index is 0.0157. The lowest BCUT2D eigenvalue weighted by Gasteiger charge is -2.29. The van der Waals surface area contributed by atoms with Crippen molar-refractivity contribution in [3.8, 4) is 0 Å². The largest absolute Gasteiger partial charge is 0.354 e. The summed E-state index contributed by atoms with van der Waals surface area (Å²) < 4.78 is 0. The zero-order chi connectivity index (χ0) is 12.7. The van der Waals surface area contributed by atoms with E-state index in [1.165, 1.54) is 32.4 Å². The van der Waals surface area contributed by atoms with Gasteiger partial charge in [-0.2, -0.15) is 0 Å². The first-order chi connectivity index (χ1) is 8.13. The number of carbonyl (C=O) groups is 1. The molecule has 0 saturated carbocycles. The van der Waals surface area contributed by atoms with Gasteiger partial charge < -0.3 is 16.0 Å². The number of carbonyl (C=O) groups excluding carboxylic acids is 1. The quantitative estimate of drug-likeness (QED) is 0.728. The van der Waals surface area contributed by atoms with E-state index in [4.69, 9.17) is 5.73 Å². The minimum Gasteiger partial charge on any atom is -0.354 e. The molecule has 0 aliphatic carbocycles. The van der Waals surface area contributed by atoms with Crippen LogP contribution in [-0.2, 0) is 4.79 Å². The fourth-order valence-corrected chi connectivity index (χ4v) is 2.24. The zero-order valence-electron chi connectivity index (χ0n) is 11.2. The van der Waals surface area contributed by atoms with Crippen LogP contribution in [0.15, 0.2) is 0 Å². The lowest BCUT2D eigenvalue weighted by atomic mass is 10.1. The molecule has 3 N–H and O–H groups in total. The van der Waals surface area contributed by atoms with E-state index in [0.717, 1.165) is 13.1 Å². The molecule has 0 radical (unpaired) electrons. The third-order valence-electron chi connectivity index (χ3n) is 3.42. The number of rotatable bonds is 6. The molecule has 4 heteroatoms. The van der Waals surface area contributed by atoms with E-state index in [2.05, 4.69) is 17.1 Å². The first-order valence-corrected chi connectivity index (χ1v) is 6.89. The van der Waals surface area contributed by atoms with Crippen molar-refractivity contribution in [1.29, 1.82) is 0 Å². The molecule has 1 aliphatic rings. The molecule has 0 aromatic heterocycles. The van der Waals surface area contributed by atoms with Gasteiger partial charge in [0.1, 0.15) is 0 Å². The summed E-state index contributed by atoms with van der Waals surface area (Å²) >= 11 is 0. The van der Waals surface area contributed by atoms with Crippen molar-refractivity contribution in [2.24, 2.45) is 11.7 Å². The van der Waals surface area contributed by atoms with E-state index in [1.807, 2.05) is 6.92 Å². The number of nitrogens with two attached hydrogens (primary N) is 1. The van der Waals surface area contributed by atoms with E-state index in [1.54, 1.807) is 0 Å². The number of hydrogen-bond acceptors (Lipinski definition) is 3. The van der Waals surface area contributed by atoms with Crippen LogP contribution < -0.4 is 11.1 Å². The molecule has 1 rings (SSSR count). The number of amides is 1. The monoisotopic (exact) mass is 241 g/mol. The molecule has 0 aromatic carbocycles. The summed E-state index contributed by atoms with van der Waals surface area (Å²) in [5, 5.41) is 2.93. The van der Waals surface area contributed by atoms with Gasteiger partial charge in [-0.1, -0.05) is 20.3 Å². The topological polar surface area (TPSA) is 58.4 Å². The summed E-state index contributed by atoms with van der Waals surface area (Å²) in [6, 6.07) is -0.350.